The third-order valence-corrected chi connectivity index (χ3v) is 3.40. The average Bonchev–Trinajstić information content (AvgIpc) is 3.09. The van der Waals surface area contributed by atoms with Gasteiger partial charge in [0.25, 0.3) is 11.1 Å². The van der Waals surface area contributed by atoms with Crippen molar-refractivity contribution in [2.24, 2.45) is 0 Å². The Balaban J connectivity index is 1.66. The third kappa shape index (κ3) is 2.97. The van der Waals surface area contributed by atoms with Crippen molar-refractivity contribution in [3.05, 3.63) is 47.4 Å². The van der Waals surface area contributed by atoms with Crippen molar-refractivity contribution in [1.82, 2.24) is 15.2 Å². The van der Waals surface area contributed by atoms with Crippen LogP contribution in [-0.2, 0) is 5.75 Å². The van der Waals surface area contributed by atoms with Crippen LogP contribution in [0, 0.1) is 0 Å². The summed E-state index contributed by atoms with van der Waals surface area (Å²) in [6.07, 6.45) is 3.28. The summed E-state index contributed by atoms with van der Waals surface area (Å²) in [5.41, 5.74) is 1.03. The van der Waals surface area contributed by atoms with E-state index >= 15 is 0 Å². The highest BCUT2D eigenvalue weighted by Crippen LogP contribution is 2.25. The van der Waals surface area contributed by atoms with Crippen LogP contribution in [0.15, 0.2) is 50.8 Å². The summed E-state index contributed by atoms with van der Waals surface area (Å²) in [5.74, 6) is 1.62. The Morgan fingerprint density at radius 3 is 2.89 bits per heavy atom. The molecule has 0 bridgehead atoms. The van der Waals surface area contributed by atoms with Gasteiger partial charge in [-0.05, 0) is 23.8 Å². The largest absolute Gasteiger partial charge is 0.459 e. The van der Waals surface area contributed by atoms with Gasteiger partial charge in [0.05, 0.1) is 6.26 Å². The number of aromatic nitrogens is 3. The van der Waals surface area contributed by atoms with E-state index in [-0.39, 0.29) is 0 Å². The molecule has 19 heavy (non-hydrogen) atoms. The maximum atomic E-state index is 5.72. The molecule has 0 saturated carbocycles. The van der Waals surface area contributed by atoms with Gasteiger partial charge < -0.3 is 8.83 Å². The lowest BCUT2D eigenvalue weighted by molar-refractivity contribution is 0.447. The SMILES string of the molecule is Clc1ccc(CSc2nnc(-c3ccco3)o2)cn1. The first-order valence-corrected chi connectivity index (χ1v) is 6.78. The Kier molecular flexibility index (Phi) is 3.52. The first-order valence-electron chi connectivity index (χ1n) is 5.42. The maximum Gasteiger partial charge on any atom is 0.284 e. The van der Waals surface area contributed by atoms with Gasteiger partial charge in [0.2, 0.25) is 0 Å². The van der Waals surface area contributed by atoms with Gasteiger partial charge in [-0.3, -0.25) is 0 Å². The zero-order valence-corrected chi connectivity index (χ0v) is 11.2. The van der Waals surface area contributed by atoms with E-state index in [9.17, 15) is 0 Å². The normalized spacial score (nSPS) is 10.8. The fourth-order valence-corrected chi connectivity index (χ4v) is 2.21. The Morgan fingerprint density at radius 1 is 1.21 bits per heavy atom. The average molecular weight is 294 g/mol. The van der Waals surface area contributed by atoms with E-state index in [2.05, 4.69) is 15.2 Å². The van der Waals surface area contributed by atoms with Gasteiger partial charge in [-0.25, -0.2) is 4.98 Å². The molecule has 7 heteroatoms. The Morgan fingerprint density at radius 2 is 2.16 bits per heavy atom. The predicted molar refractivity (Wildman–Crippen MR) is 70.8 cm³/mol. The minimum absolute atomic E-state index is 0.377. The van der Waals surface area contributed by atoms with Crippen LogP contribution in [0.2, 0.25) is 5.15 Å². The van der Waals surface area contributed by atoms with Crippen LogP contribution in [0.4, 0.5) is 0 Å². The summed E-state index contributed by atoms with van der Waals surface area (Å²) in [7, 11) is 0. The van der Waals surface area contributed by atoms with Crippen LogP contribution in [0.1, 0.15) is 5.56 Å². The molecule has 0 aliphatic heterocycles. The number of furan rings is 1. The molecule has 0 fully saturated rings. The van der Waals surface area contributed by atoms with Crippen LogP contribution in [-0.4, -0.2) is 15.2 Å². The number of halogens is 1. The molecule has 0 spiro atoms. The molecule has 0 N–H and O–H groups in total. The molecule has 0 amide bonds. The van der Waals surface area contributed by atoms with E-state index < -0.39 is 0 Å². The van der Waals surface area contributed by atoms with E-state index in [1.54, 1.807) is 30.7 Å². The maximum absolute atomic E-state index is 5.72. The van der Waals surface area contributed by atoms with Crippen molar-refractivity contribution >= 4 is 23.4 Å². The number of hydrogen-bond acceptors (Lipinski definition) is 6. The highest BCUT2D eigenvalue weighted by atomic mass is 35.5. The summed E-state index contributed by atoms with van der Waals surface area (Å²) in [6.45, 7) is 0. The van der Waals surface area contributed by atoms with Gasteiger partial charge >= 0.3 is 0 Å². The Bertz CT molecular complexity index is 652. The fraction of sp³-hybridized carbons (Fsp3) is 0.0833. The smallest absolute Gasteiger partial charge is 0.284 e. The molecule has 0 aliphatic carbocycles. The second-order valence-electron chi connectivity index (χ2n) is 3.63. The number of pyridine rings is 1. The van der Waals surface area contributed by atoms with Gasteiger partial charge in [0.1, 0.15) is 5.15 Å². The molecule has 0 atom stereocenters. The molecule has 3 heterocycles. The van der Waals surface area contributed by atoms with Gasteiger partial charge in [0, 0.05) is 11.9 Å². The van der Waals surface area contributed by atoms with E-state index in [0.717, 1.165) is 5.56 Å². The summed E-state index contributed by atoms with van der Waals surface area (Å²) in [5, 5.41) is 8.83. The third-order valence-electron chi connectivity index (χ3n) is 2.29. The molecule has 0 saturated heterocycles. The quantitative estimate of drug-likeness (QED) is 0.540. The van der Waals surface area contributed by atoms with Crippen molar-refractivity contribution in [3.8, 4) is 11.7 Å². The zero-order valence-electron chi connectivity index (χ0n) is 9.62. The van der Waals surface area contributed by atoms with Gasteiger partial charge in [-0.15, -0.1) is 10.2 Å². The zero-order chi connectivity index (χ0) is 13.1. The predicted octanol–water partition coefficient (Wildman–Crippen LogP) is 3.67. The van der Waals surface area contributed by atoms with E-state index in [1.807, 2.05) is 6.07 Å². The monoisotopic (exact) mass is 293 g/mol. The second-order valence-corrected chi connectivity index (χ2v) is 4.94. The van der Waals surface area contributed by atoms with Gasteiger partial charge in [0.15, 0.2) is 5.76 Å². The first-order chi connectivity index (χ1) is 9.31. The minimum atomic E-state index is 0.377. The molecule has 0 unspecified atom stereocenters. The highest BCUT2D eigenvalue weighted by Gasteiger charge is 2.11. The summed E-state index contributed by atoms with van der Waals surface area (Å²) >= 11 is 7.15. The number of nitrogens with zero attached hydrogens (tertiary/aromatic N) is 3. The molecule has 3 aromatic heterocycles. The second kappa shape index (κ2) is 5.46. The molecule has 3 aromatic rings. The summed E-state index contributed by atoms with van der Waals surface area (Å²) in [4.78, 5) is 4.01. The lowest BCUT2D eigenvalue weighted by Gasteiger charge is -1.97. The lowest BCUT2D eigenvalue weighted by atomic mass is 10.3. The lowest BCUT2D eigenvalue weighted by Crippen LogP contribution is -1.83. The number of hydrogen-bond donors (Lipinski definition) is 0. The van der Waals surface area contributed by atoms with Crippen LogP contribution < -0.4 is 0 Å². The Labute approximate surface area is 118 Å². The fourth-order valence-electron chi connectivity index (χ4n) is 1.40. The first kappa shape index (κ1) is 12.3. The van der Waals surface area contributed by atoms with Gasteiger partial charge in [-0.1, -0.05) is 29.4 Å². The van der Waals surface area contributed by atoms with Crippen molar-refractivity contribution < 1.29 is 8.83 Å². The highest BCUT2D eigenvalue weighted by molar-refractivity contribution is 7.98. The van der Waals surface area contributed by atoms with Crippen molar-refractivity contribution in [2.45, 2.75) is 11.0 Å². The van der Waals surface area contributed by atoms with E-state index in [4.69, 9.17) is 20.4 Å². The minimum Gasteiger partial charge on any atom is -0.459 e. The van der Waals surface area contributed by atoms with Gasteiger partial charge in [-0.2, -0.15) is 0 Å². The molecule has 0 radical (unpaired) electrons. The number of thioether (sulfide) groups is 1. The molecule has 96 valence electrons. The molecule has 3 rings (SSSR count). The Hall–Kier alpha value is -1.79. The van der Waals surface area contributed by atoms with Crippen molar-refractivity contribution in [1.29, 1.82) is 0 Å². The molecule has 5 nitrogen and oxygen atoms in total. The standard InChI is InChI=1S/C12H8ClN3O2S/c13-10-4-3-8(6-14-10)7-19-12-16-15-11(18-12)9-2-1-5-17-9/h1-6H,7H2. The van der Waals surface area contributed by atoms with E-state index in [0.29, 0.717) is 27.8 Å². The van der Waals surface area contributed by atoms with Crippen LogP contribution in [0.5, 0.6) is 0 Å². The van der Waals surface area contributed by atoms with E-state index in [1.165, 1.54) is 11.8 Å². The molecular weight excluding hydrogens is 286 g/mol. The topological polar surface area (TPSA) is 65.0 Å². The molecule has 0 aromatic carbocycles. The summed E-state index contributed by atoms with van der Waals surface area (Å²) in [6, 6.07) is 7.20. The van der Waals surface area contributed by atoms with Crippen molar-refractivity contribution in [2.75, 3.05) is 0 Å². The molecular formula is C12H8ClN3O2S. The number of rotatable bonds is 4. The molecule has 0 aliphatic rings. The van der Waals surface area contributed by atoms with Crippen molar-refractivity contribution in [3.63, 3.8) is 0 Å². The van der Waals surface area contributed by atoms with Crippen LogP contribution >= 0.6 is 23.4 Å². The summed E-state index contributed by atoms with van der Waals surface area (Å²) < 4.78 is 10.7. The van der Waals surface area contributed by atoms with Crippen LogP contribution in [0.25, 0.3) is 11.7 Å². The van der Waals surface area contributed by atoms with Crippen LogP contribution in [0.3, 0.4) is 0 Å².